The van der Waals surface area contributed by atoms with Crippen LogP contribution in [0.25, 0.3) is 5.69 Å². The van der Waals surface area contributed by atoms with Crippen LogP contribution in [-0.4, -0.2) is 86.1 Å². The second-order valence-electron chi connectivity index (χ2n) is 15.6. The number of amides is 1. The highest BCUT2D eigenvalue weighted by atomic mass is 16.6. The van der Waals surface area contributed by atoms with E-state index in [1.165, 1.54) is 11.1 Å². The molecule has 6 fully saturated rings. The number of methoxy groups -OCH3 is 1. The van der Waals surface area contributed by atoms with Gasteiger partial charge in [0.05, 0.1) is 25.0 Å². The summed E-state index contributed by atoms with van der Waals surface area (Å²) in [6.45, 7) is 3.65. The van der Waals surface area contributed by atoms with Gasteiger partial charge in [0, 0.05) is 43.7 Å². The van der Waals surface area contributed by atoms with Crippen LogP contribution in [0, 0.1) is 18.3 Å². The van der Waals surface area contributed by atoms with Gasteiger partial charge in [-0.25, -0.2) is 14.6 Å². The van der Waals surface area contributed by atoms with Gasteiger partial charge in [-0.05, 0) is 118 Å². The van der Waals surface area contributed by atoms with E-state index in [0.717, 1.165) is 68.6 Å². The van der Waals surface area contributed by atoms with E-state index in [-0.39, 0.29) is 28.8 Å². The number of hydrogen-bond donors (Lipinski definition) is 2. The van der Waals surface area contributed by atoms with Gasteiger partial charge in [-0.3, -0.25) is 14.6 Å². The van der Waals surface area contributed by atoms with E-state index in [4.69, 9.17) is 19.6 Å². The van der Waals surface area contributed by atoms with Crippen LogP contribution in [0.4, 0.5) is 5.82 Å². The fourth-order valence-corrected chi connectivity index (χ4v) is 8.97. The first kappa shape index (κ1) is 32.8. The molecule has 5 saturated carbocycles. The average molecular weight is 671 g/mol. The van der Waals surface area contributed by atoms with Crippen molar-refractivity contribution in [1.29, 1.82) is 0 Å². The maximum atomic E-state index is 14.6. The Hall–Kier alpha value is -3.38. The van der Waals surface area contributed by atoms with E-state index in [1.54, 1.807) is 24.5 Å². The van der Waals surface area contributed by atoms with Gasteiger partial charge in [-0.1, -0.05) is 12.1 Å². The number of anilines is 1. The molecule has 1 aliphatic heterocycles. The number of β-amino-alcohol motifs (C(OH)–C–C–N with tert-alkyl or cyclic N) is 1. The molecule has 1 aromatic carbocycles. The molecule has 11 heteroatoms. The molecule has 0 spiro atoms. The first-order chi connectivity index (χ1) is 23.7. The largest absolute Gasteiger partial charge is 0.496 e. The molecule has 1 amide bonds. The van der Waals surface area contributed by atoms with Gasteiger partial charge in [-0.2, -0.15) is 5.10 Å². The lowest BCUT2D eigenvalue weighted by Crippen LogP contribution is -2.57. The minimum Gasteiger partial charge on any atom is -0.496 e. The number of fused-ring (bicyclic) bond motifs is 3. The summed E-state index contributed by atoms with van der Waals surface area (Å²) in [5.74, 6) is 2.97. The van der Waals surface area contributed by atoms with Crippen LogP contribution in [0.5, 0.6) is 5.75 Å². The average Bonchev–Trinajstić information content (AvgIpc) is 3.85. The first-order valence-electron chi connectivity index (χ1n) is 18.3. The van der Waals surface area contributed by atoms with Crippen molar-refractivity contribution in [3.05, 3.63) is 59.8 Å². The van der Waals surface area contributed by atoms with Gasteiger partial charge < -0.3 is 19.7 Å². The van der Waals surface area contributed by atoms with Crippen molar-refractivity contribution in [3.63, 3.8) is 0 Å². The van der Waals surface area contributed by atoms with E-state index >= 15 is 0 Å². The Morgan fingerprint density at radius 2 is 1.73 bits per heavy atom. The zero-order chi connectivity index (χ0) is 33.8. The summed E-state index contributed by atoms with van der Waals surface area (Å²) >= 11 is 0. The monoisotopic (exact) mass is 670 g/mol. The Morgan fingerprint density at radius 1 is 1.00 bits per heavy atom. The maximum Gasteiger partial charge on any atom is 0.231 e. The van der Waals surface area contributed by atoms with Crippen LogP contribution in [0.3, 0.4) is 0 Å². The molecule has 6 aliphatic rings. The van der Waals surface area contributed by atoms with Crippen LogP contribution in [0.15, 0.2) is 42.9 Å². The summed E-state index contributed by atoms with van der Waals surface area (Å²) in [5, 5.41) is 24.8. The molecule has 2 bridgehead atoms. The van der Waals surface area contributed by atoms with E-state index < -0.39 is 12.5 Å². The minimum atomic E-state index is -1.01. The summed E-state index contributed by atoms with van der Waals surface area (Å²) < 4.78 is 13.3. The Kier molecular flexibility index (Phi) is 8.74. The van der Waals surface area contributed by atoms with Crippen molar-refractivity contribution >= 4 is 11.7 Å². The fourth-order valence-electron chi connectivity index (χ4n) is 8.97. The number of hydrogen-bond acceptors (Lipinski definition) is 9. The number of aryl methyl sites for hydroxylation is 1. The summed E-state index contributed by atoms with van der Waals surface area (Å²) in [4.78, 5) is 27.7. The van der Waals surface area contributed by atoms with Crippen LogP contribution >= 0.6 is 0 Å². The SMILES string of the molecule is COc1ccc(C23CCC(CN(C(=O)C4CCC(OC(O)N5CC(O)C5)CC4)c4cc(-n5cnc(C6CC6)n5)ccn4)(CC2)CC3)cc1C. The number of rotatable bonds is 11. The number of aliphatic hydroxyl groups excluding tert-OH is 2. The smallest absolute Gasteiger partial charge is 0.231 e. The third kappa shape index (κ3) is 6.51. The van der Waals surface area contributed by atoms with Gasteiger partial charge >= 0.3 is 0 Å². The molecule has 49 heavy (non-hydrogen) atoms. The molecule has 1 atom stereocenters. The van der Waals surface area contributed by atoms with Gasteiger partial charge in [0.2, 0.25) is 12.3 Å². The fraction of sp³-hybridized carbons (Fsp3) is 0.632. The van der Waals surface area contributed by atoms with E-state index in [9.17, 15) is 15.0 Å². The summed E-state index contributed by atoms with van der Waals surface area (Å²) in [6, 6.07) is 10.6. The number of pyridine rings is 1. The lowest BCUT2D eigenvalue weighted by molar-refractivity contribution is -0.254. The lowest BCUT2D eigenvalue weighted by Gasteiger charge is -2.55. The first-order valence-corrected chi connectivity index (χ1v) is 18.3. The normalized spacial score (nSPS) is 29.4. The highest BCUT2D eigenvalue weighted by Gasteiger charge is 2.51. The van der Waals surface area contributed by atoms with Crippen molar-refractivity contribution in [2.45, 2.75) is 114 Å². The number of likely N-dealkylation sites (tertiary alicyclic amines) is 1. The molecule has 9 rings (SSSR count). The molecule has 3 aromatic rings. The molecule has 3 heterocycles. The predicted octanol–water partition coefficient (Wildman–Crippen LogP) is 5.01. The highest BCUT2D eigenvalue weighted by Crippen LogP contribution is 2.58. The highest BCUT2D eigenvalue weighted by molar-refractivity contribution is 5.94. The van der Waals surface area contributed by atoms with Crippen molar-refractivity contribution < 1.29 is 24.5 Å². The van der Waals surface area contributed by atoms with Crippen molar-refractivity contribution in [2.24, 2.45) is 11.3 Å². The molecule has 5 aliphatic carbocycles. The van der Waals surface area contributed by atoms with Gasteiger partial charge in [0.25, 0.3) is 0 Å². The van der Waals surface area contributed by atoms with Crippen molar-refractivity contribution in [1.82, 2.24) is 24.6 Å². The summed E-state index contributed by atoms with van der Waals surface area (Å²) in [6.07, 6.45) is 13.8. The maximum absolute atomic E-state index is 14.6. The number of aliphatic hydroxyl groups is 2. The molecule has 262 valence electrons. The molecule has 2 N–H and O–H groups in total. The molecule has 0 radical (unpaired) electrons. The minimum absolute atomic E-state index is 0.0508. The zero-order valence-corrected chi connectivity index (χ0v) is 28.8. The third-order valence-electron chi connectivity index (χ3n) is 12.4. The Bertz CT molecular complexity index is 1630. The van der Waals surface area contributed by atoms with E-state index in [1.807, 2.05) is 21.7 Å². The van der Waals surface area contributed by atoms with Gasteiger partial charge in [-0.15, -0.1) is 0 Å². The Labute approximate surface area is 288 Å². The number of nitrogens with zero attached hydrogens (tertiary/aromatic N) is 6. The van der Waals surface area contributed by atoms with Crippen molar-refractivity contribution in [2.75, 3.05) is 31.6 Å². The standard InChI is InChI=1S/C38H50N6O5/c1-25-19-28(7-10-32(25)48-2)38-15-12-37(13-16-38,14-17-38)23-43(33-20-29(11-18-39-33)44-24-40-34(41-44)26-3-4-26)35(46)27-5-8-31(9-6-27)49-36(47)42-21-30(45)22-42/h7,10-11,18-20,24,26-27,30-31,36,45,47H,3-6,8-9,12-17,21-23H2,1-2H3. The lowest BCUT2D eigenvalue weighted by atomic mass is 9.51. The number of aromatic nitrogens is 4. The third-order valence-corrected chi connectivity index (χ3v) is 12.4. The molecular formula is C38H50N6O5. The number of carbonyl (C=O) groups excluding carboxylic acids is 1. The van der Waals surface area contributed by atoms with Crippen LogP contribution in [0.2, 0.25) is 0 Å². The number of ether oxygens (including phenoxy) is 2. The van der Waals surface area contributed by atoms with E-state index in [0.29, 0.717) is 57.1 Å². The van der Waals surface area contributed by atoms with Crippen LogP contribution in [0.1, 0.15) is 99.9 Å². The number of benzene rings is 1. The Balaban J connectivity index is 1.00. The van der Waals surface area contributed by atoms with Crippen LogP contribution < -0.4 is 9.64 Å². The number of carbonyl (C=O) groups is 1. The topological polar surface area (TPSA) is 126 Å². The molecule has 11 nitrogen and oxygen atoms in total. The van der Waals surface area contributed by atoms with E-state index in [2.05, 4.69) is 30.1 Å². The molecule has 2 aromatic heterocycles. The zero-order valence-electron chi connectivity index (χ0n) is 28.8. The predicted molar refractivity (Wildman–Crippen MR) is 183 cm³/mol. The summed E-state index contributed by atoms with van der Waals surface area (Å²) in [5.41, 5.74) is 3.71. The molecule has 1 unspecified atom stereocenters. The van der Waals surface area contributed by atoms with Gasteiger partial charge in [0.15, 0.2) is 5.82 Å². The summed E-state index contributed by atoms with van der Waals surface area (Å²) in [7, 11) is 1.73. The quantitative estimate of drug-likeness (QED) is 0.271. The second kappa shape index (κ2) is 13.1. The molecule has 1 saturated heterocycles. The van der Waals surface area contributed by atoms with Gasteiger partial charge in [0.1, 0.15) is 17.9 Å². The van der Waals surface area contributed by atoms with Crippen LogP contribution in [-0.2, 0) is 14.9 Å². The molecular weight excluding hydrogens is 620 g/mol. The second-order valence-corrected chi connectivity index (χ2v) is 15.6. The van der Waals surface area contributed by atoms with Crippen molar-refractivity contribution in [3.8, 4) is 11.4 Å². The Morgan fingerprint density at radius 3 is 2.39 bits per heavy atom.